The fraction of sp³-hybridized carbons (Fsp3) is 0.368. The maximum Gasteiger partial charge on any atom is 0.244 e. The molecule has 0 saturated carbocycles. The standard InChI is InChI=1S/C19H21FN6O/c1-13-4-5-15(12-16(13)20)17-23-18(27-24-17)14(2)25-8-10-26(11-9-25)19-21-6-3-7-22-19/h3-7,12,14H,8-11H2,1-2H3. The van der Waals surface area contributed by atoms with Crippen LogP contribution in [0.5, 0.6) is 0 Å². The molecular weight excluding hydrogens is 347 g/mol. The molecule has 140 valence electrons. The van der Waals surface area contributed by atoms with Gasteiger partial charge >= 0.3 is 0 Å². The molecule has 0 radical (unpaired) electrons. The van der Waals surface area contributed by atoms with E-state index in [4.69, 9.17) is 4.52 Å². The Balaban J connectivity index is 1.42. The molecule has 0 bridgehead atoms. The lowest BCUT2D eigenvalue weighted by Crippen LogP contribution is -2.47. The Labute approximate surface area is 156 Å². The highest BCUT2D eigenvalue weighted by Gasteiger charge is 2.26. The van der Waals surface area contributed by atoms with Crippen LogP contribution in [-0.2, 0) is 0 Å². The van der Waals surface area contributed by atoms with Crippen LogP contribution in [0.4, 0.5) is 10.3 Å². The van der Waals surface area contributed by atoms with Gasteiger partial charge in [0.25, 0.3) is 0 Å². The van der Waals surface area contributed by atoms with Crippen LogP contribution in [0.1, 0.15) is 24.4 Å². The molecule has 1 aliphatic heterocycles. The molecule has 4 rings (SSSR count). The zero-order chi connectivity index (χ0) is 18.8. The molecule has 1 aromatic carbocycles. The first kappa shape index (κ1) is 17.5. The van der Waals surface area contributed by atoms with E-state index in [0.29, 0.717) is 22.8 Å². The van der Waals surface area contributed by atoms with Gasteiger partial charge in [0.15, 0.2) is 0 Å². The number of piperazine rings is 1. The van der Waals surface area contributed by atoms with E-state index < -0.39 is 0 Å². The van der Waals surface area contributed by atoms with Crippen molar-refractivity contribution in [3.05, 3.63) is 53.9 Å². The normalized spacial score (nSPS) is 16.5. The van der Waals surface area contributed by atoms with Crippen LogP contribution in [0.3, 0.4) is 0 Å². The summed E-state index contributed by atoms with van der Waals surface area (Å²) in [4.78, 5) is 17.5. The van der Waals surface area contributed by atoms with E-state index in [0.717, 1.165) is 32.1 Å². The van der Waals surface area contributed by atoms with E-state index in [2.05, 4.69) is 29.9 Å². The third kappa shape index (κ3) is 3.66. The predicted molar refractivity (Wildman–Crippen MR) is 98.7 cm³/mol. The number of aromatic nitrogens is 4. The molecule has 3 aromatic rings. The second-order valence-electron chi connectivity index (χ2n) is 6.67. The molecule has 1 atom stereocenters. The second kappa shape index (κ2) is 7.40. The van der Waals surface area contributed by atoms with Crippen molar-refractivity contribution in [3.63, 3.8) is 0 Å². The number of nitrogens with zero attached hydrogens (tertiary/aromatic N) is 6. The van der Waals surface area contributed by atoms with Gasteiger partial charge in [-0.25, -0.2) is 14.4 Å². The first-order chi connectivity index (χ1) is 13.1. The van der Waals surface area contributed by atoms with Gasteiger partial charge in [0.1, 0.15) is 5.82 Å². The minimum absolute atomic E-state index is 0.0135. The summed E-state index contributed by atoms with van der Waals surface area (Å²) in [6, 6.07) is 6.76. The van der Waals surface area contributed by atoms with Crippen LogP contribution in [-0.4, -0.2) is 51.2 Å². The lowest BCUT2D eigenvalue weighted by Gasteiger charge is -2.36. The van der Waals surface area contributed by atoms with Gasteiger partial charge in [0, 0.05) is 44.1 Å². The SMILES string of the molecule is Cc1ccc(-c2noc(C(C)N3CCN(c4ncccn4)CC3)n2)cc1F. The number of hydrogen-bond acceptors (Lipinski definition) is 7. The summed E-state index contributed by atoms with van der Waals surface area (Å²) in [5.41, 5.74) is 1.21. The summed E-state index contributed by atoms with van der Waals surface area (Å²) < 4.78 is 19.2. The monoisotopic (exact) mass is 368 g/mol. The number of benzene rings is 1. The zero-order valence-corrected chi connectivity index (χ0v) is 15.3. The van der Waals surface area contributed by atoms with Gasteiger partial charge in [-0.3, -0.25) is 4.90 Å². The fourth-order valence-corrected chi connectivity index (χ4v) is 3.17. The summed E-state index contributed by atoms with van der Waals surface area (Å²) in [5.74, 6) is 1.43. The van der Waals surface area contributed by atoms with Crippen LogP contribution in [0.25, 0.3) is 11.4 Å². The Morgan fingerprint density at radius 1 is 1.11 bits per heavy atom. The highest BCUT2D eigenvalue weighted by Crippen LogP contribution is 2.25. The largest absolute Gasteiger partial charge is 0.338 e. The third-order valence-corrected chi connectivity index (χ3v) is 4.93. The Hall–Kier alpha value is -2.87. The van der Waals surface area contributed by atoms with E-state index in [1.807, 2.05) is 13.0 Å². The van der Waals surface area contributed by atoms with Gasteiger partial charge < -0.3 is 9.42 Å². The quantitative estimate of drug-likeness (QED) is 0.701. The topological polar surface area (TPSA) is 71.2 Å². The highest BCUT2D eigenvalue weighted by atomic mass is 19.1. The molecular formula is C19H21FN6O. The van der Waals surface area contributed by atoms with Crippen molar-refractivity contribution < 1.29 is 8.91 Å². The van der Waals surface area contributed by atoms with Crippen LogP contribution < -0.4 is 4.90 Å². The lowest BCUT2D eigenvalue weighted by molar-refractivity contribution is 0.163. The Kier molecular flexibility index (Phi) is 4.81. The molecule has 0 amide bonds. The van der Waals surface area contributed by atoms with Gasteiger partial charge in [-0.2, -0.15) is 4.98 Å². The Morgan fingerprint density at radius 2 is 1.85 bits per heavy atom. The van der Waals surface area contributed by atoms with E-state index in [9.17, 15) is 4.39 Å². The van der Waals surface area contributed by atoms with Crippen molar-refractivity contribution in [2.45, 2.75) is 19.9 Å². The van der Waals surface area contributed by atoms with E-state index in [1.54, 1.807) is 31.5 Å². The smallest absolute Gasteiger partial charge is 0.244 e. The molecule has 8 heteroatoms. The molecule has 2 aromatic heterocycles. The molecule has 1 unspecified atom stereocenters. The first-order valence-electron chi connectivity index (χ1n) is 8.98. The van der Waals surface area contributed by atoms with Crippen molar-refractivity contribution in [3.8, 4) is 11.4 Å². The van der Waals surface area contributed by atoms with Crippen LogP contribution >= 0.6 is 0 Å². The number of halogens is 1. The van der Waals surface area contributed by atoms with Gasteiger partial charge in [-0.15, -0.1) is 0 Å². The van der Waals surface area contributed by atoms with Gasteiger partial charge in [-0.05, 0) is 31.5 Å². The molecule has 1 saturated heterocycles. The first-order valence-corrected chi connectivity index (χ1v) is 8.98. The lowest BCUT2D eigenvalue weighted by atomic mass is 10.1. The van der Waals surface area contributed by atoms with E-state index in [1.165, 1.54) is 6.07 Å². The molecule has 0 aliphatic carbocycles. The van der Waals surface area contributed by atoms with Crippen molar-refractivity contribution in [1.82, 2.24) is 25.0 Å². The molecule has 1 fully saturated rings. The van der Waals surface area contributed by atoms with Crippen LogP contribution in [0.15, 0.2) is 41.2 Å². The van der Waals surface area contributed by atoms with E-state index >= 15 is 0 Å². The molecule has 1 aliphatic rings. The summed E-state index contributed by atoms with van der Waals surface area (Å²) in [6.45, 7) is 7.12. The van der Waals surface area contributed by atoms with Gasteiger partial charge in [-0.1, -0.05) is 17.3 Å². The summed E-state index contributed by atoms with van der Waals surface area (Å²) >= 11 is 0. The van der Waals surface area contributed by atoms with Gasteiger partial charge in [0.2, 0.25) is 17.7 Å². The van der Waals surface area contributed by atoms with Gasteiger partial charge in [0.05, 0.1) is 6.04 Å². The second-order valence-corrected chi connectivity index (χ2v) is 6.67. The number of hydrogen-bond donors (Lipinski definition) is 0. The number of rotatable bonds is 4. The fourth-order valence-electron chi connectivity index (χ4n) is 3.17. The minimum atomic E-state index is -0.272. The van der Waals surface area contributed by atoms with Crippen molar-refractivity contribution >= 4 is 5.95 Å². The Bertz CT molecular complexity index is 908. The Morgan fingerprint density at radius 3 is 2.56 bits per heavy atom. The number of aryl methyl sites for hydroxylation is 1. The molecule has 3 heterocycles. The van der Waals surface area contributed by atoms with Crippen LogP contribution in [0, 0.1) is 12.7 Å². The number of anilines is 1. The molecule has 0 N–H and O–H groups in total. The van der Waals surface area contributed by atoms with Crippen molar-refractivity contribution in [1.29, 1.82) is 0 Å². The molecule has 7 nitrogen and oxygen atoms in total. The zero-order valence-electron chi connectivity index (χ0n) is 15.3. The summed E-state index contributed by atoms with van der Waals surface area (Å²) in [5, 5.41) is 4.03. The van der Waals surface area contributed by atoms with Crippen molar-refractivity contribution in [2.24, 2.45) is 0 Å². The van der Waals surface area contributed by atoms with E-state index in [-0.39, 0.29) is 11.9 Å². The average molecular weight is 368 g/mol. The van der Waals surface area contributed by atoms with Crippen molar-refractivity contribution in [2.75, 3.05) is 31.1 Å². The highest BCUT2D eigenvalue weighted by molar-refractivity contribution is 5.55. The minimum Gasteiger partial charge on any atom is -0.338 e. The maximum atomic E-state index is 13.8. The average Bonchev–Trinajstić information content (AvgIpc) is 3.20. The summed E-state index contributed by atoms with van der Waals surface area (Å²) in [7, 11) is 0. The summed E-state index contributed by atoms with van der Waals surface area (Å²) in [6.07, 6.45) is 3.51. The molecule has 0 spiro atoms. The third-order valence-electron chi connectivity index (χ3n) is 4.93. The maximum absolute atomic E-state index is 13.8. The molecule has 27 heavy (non-hydrogen) atoms. The predicted octanol–water partition coefficient (Wildman–Crippen LogP) is 2.86. The van der Waals surface area contributed by atoms with Crippen LogP contribution in [0.2, 0.25) is 0 Å².